The largest absolute Gasteiger partial charge is 0.368 e. The second kappa shape index (κ2) is 6.14. The number of hydrogen-bond acceptors (Lipinski definition) is 4. The summed E-state index contributed by atoms with van der Waals surface area (Å²) >= 11 is 0. The van der Waals surface area contributed by atoms with Crippen LogP contribution in [0.4, 0.5) is 0 Å². The van der Waals surface area contributed by atoms with Crippen molar-refractivity contribution in [2.24, 2.45) is 5.73 Å². The van der Waals surface area contributed by atoms with E-state index in [1.54, 1.807) is 6.07 Å². The highest BCUT2D eigenvalue weighted by atomic mass is 16.1. The number of fused-ring (bicyclic) bond motifs is 2. The Kier molecular flexibility index (Phi) is 3.82. The Morgan fingerprint density at radius 3 is 2.68 bits per heavy atom. The van der Waals surface area contributed by atoms with Crippen LogP contribution >= 0.6 is 0 Å². The van der Waals surface area contributed by atoms with E-state index in [9.17, 15) is 9.59 Å². The molecule has 3 N–H and O–H groups in total. The molecular weight excluding hydrogens is 316 g/mol. The number of benzene rings is 2. The lowest BCUT2D eigenvalue weighted by atomic mass is 9.93. The van der Waals surface area contributed by atoms with Crippen LogP contribution < -0.4 is 11.3 Å². The summed E-state index contributed by atoms with van der Waals surface area (Å²) in [5, 5.41) is 0.557. The van der Waals surface area contributed by atoms with Gasteiger partial charge in [-0.05, 0) is 29.7 Å². The highest BCUT2D eigenvalue weighted by Gasteiger charge is 2.30. The molecule has 1 amide bonds. The number of nitrogens with zero attached hydrogens (tertiary/aromatic N) is 2. The third kappa shape index (κ3) is 2.92. The van der Waals surface area contributed by atoms with E-state index in [0.717, 1.165) is 5.56 Å². The number of nitrogens with two attached hydrogens (primary N) is 1. The molecule has 1 aromatic heterocycles. The van der Waals surface area contributed by atoms with Gasteiger partial charge in [-0.25, -0.2) is 4.98 Å². The number of H-pyrrole nitrogens is 1. The number of carbonyl (C=O) groups is 1. The van der Waals surface area contributed by atoms with Crippen molar-refractivity contribution in [3.63, 3.8) is 0 Å². The molecule has 1 unspecified atom stereocenters. The fourth-order valence-electron chi connectivity index (χ4n) is 3.43. The number of aromatic nitrogens is 2. The van der Waals surface area contributed by atoms with Crippen molar-refractivity contribution in [3.8, 4) is 0 Å². The van der Waals surface area contributed by atoms with Crippen LogP contribution in [0.3, 0.4) is 0 Å². The van der Waals surface area contributed by atoms with Crippen molar-refractivity contribution in [1.29, 1.82) is 0 Å². The molecule has 2 heterocycles. The minimum Gasteiger partial charge on any atom is -0.368 e. The van der Waals surface area contributed by atoms with E-state index in [4.69, 9.17) is 5.73 Å². The fourth-order valence-corrected chi connectivity index (χ4v) is 3.43. The van der Waals surface area contributed by atoms with Gasteiger partial charge >= 0.3 is 0 Å². The topological polar surface area (TPSA) is 92.1 Å². The number of primary amides is 1. The zero-order valence-corrected chi connectivity index (χ0v) is 13.6. The first kappa shape index (κ1) is 15.5. The lowest BCUT2D eigenvalue weighted by Crippen LogP contribution is -2.48. The Morgan fingerprint density at radius 2 is 1.88 bits per heavy atom. The van der Waals surface area contributed by atoms with Gasteiger partial charge < -0.3 is 10.7 Å². The number of aromatic amines is 1. The van der Waals surface area contributed by atoms with E-state index in [1.807, 2.05) is 41.3 Å². The van der Waals surface area contributed by atoms with E-state index in [1.165, 1.54) is 5.56 Å². The van der Waals surface area contributed by atoms with Gasteiger partial charge in [0.15, 0.2) is 0 Å². The molecule has 4 rings (SSSR count). The fraction of sp³-hybridized carbons (Fsp3) is 0.211. The summed E-state index contributed by atoms with van der Waals surface area (Å²) in [5.41, 5.74) is 8.40. The minimum absolute atomic E-state index is 0.173. The first-order valence-electron chi connectivity index (χ1n) is 8.20. The van der Waals surface area contributed by atoms with Gasteiger partial charge in [0.05, 0.1) is 23.5 Å². The lowest BCUT2D eigenvalue weighted by Gasteiger charge is -2.34. The summed E-state index contributed by atoms with van der Waals surface area (Å²) in [6.07, 6.45) is 0.573. The van der Waals surface area contributed by atoms with Crippen molar-refractivity contribution in [1.82, 2.24) is 14.9 Å². The molecule has 1 aliphatic rings. The van der Waals surface area contributed by atoms with Gasteiger partial charge in [0.1, 0.15) is 5.82 Å². The number of nitrogens with one attached hydrogen (secondary N) is 1. The Bertz CT molecular complexity index is 1010. The average molecular weight is 334 g/mol. The molecule has 1 aliphatic heterocycles. The molecule has 2 aromatic carbocycles. The molecule has 3 aromatic rings. The smallest absolute Gasteiger partial charge is 0.258 e. The second-order valence-electron chi connectivity index (χ2n) is 6.33. The monoisotopic (exact) mass is 334 g/mol. The normalized spacial score (nSPS) is 17.4. The van der Waals surface area contributed by atoms with Crippen LogP contribution in [-0.4, -0.2) is 26.8 Å². The minimum atomic E-state index is -0.410. The van der Waals surface area contributed by atoms with Crippen molar-refractivity contribution >= 4 is 16.8 Å². The number of carbonyl (C=O) groups excluding carboxylic acids is 1. The van der Waals surface area contributed by atoms with Crippen molar-refractivity contribution in [2.75, 3.05) is 0 Å². The molecule has 0 radical (unpaired) electrons. The Labute approximate surface area is 144 Å². The molecule has 0 saturated carbocycles. The zero-order chi connectivity index (χ0) is 17.4. The molecule has 0 spiro atoms. The van der Waals surface area contributed by atoms with Crippen molar-refractivity contribution < 1.29 is 4.79 Å². The third-order valence-electron chi connectivity index (χ3n) is 4.69. The van der Waals surface area contributed by atoms with Crippen LogP contribution in [0, 0.1) is 0 Å². The van der Waals surface area contributed by atoms with Crippen LogP contribution in [0.2, 0.25) is 0 Å². The van der Waals surface area contributed by atoms with Gasteiger partial charge in [0, 0.05) is 6.54 Å². The Morgan fingerprint density at radius 1 is 1.16 bits per heavy atom. The van der Waals surface area contributed by atoms with Gasteiger partial charge in [0.2, 0.25) is 5.91 Å². The average Bonchev–Trinajstić information content (AvgIpc) is 2.61. The molecule has 0 aliphatic carbocycles. The Balaban J connectivity index is 1.69. The predicted octanol–water partition coefficient (Wildman–Crippen LogP) is 1.34. The van der Waals surface area contributed by atoms with Gasteiger partial charge in [-0.15, -0.1) is 0 Å². The second-order valence-corrected chi connectivity index (χ2v) is 6.33. The molecule has 25 heavy (non-hydrogen) atoms. The highest BCUT2D eigenvalue weighted by molar-refractivity contribution is 5.80. The predicted molar refractivity (Wildman–Crippen MR) is 94.7 cm³/mol. The summed E-state index contributed by atoms with van der Waals surface area (Å²) in [6, 6.07) is 14.8. The summed E-state index contributed by atoms with van der Waals surface area (Å²) in [6.45, 7) is 0.961. The van der Waals surface area contributed by atoms with E-state index < -0.39 is 6.04 Å². The standard InChI is InChI=1S/C19H18N4O2/c20-18(24)16-9-12-5-1-2-6-13(12)10-23(16)11-17-21-15-8-4-3-7-14(15)19(25)22-17/h1-8,16H,9-11H2,(H2,20,24)(H,21,22,25). The maximum Gasteiger partial charge on any atom is 0.258 e. The van der Waals surface area contributed by atoms with Crippen LogP contribution in [0.25, 0.3) is 10.9 Å². The maximum absolute atomic E-state index is 12.2. The van der Waals surface area contributed by atoms with Crippen molar-refractivity contribution in [3.05, 3.63) is 75.8 Å². The van der Waals surface area contributed by atoms with E-state index in [0.29, 0.717) is 36.2 Å². The molecule has 1 atom stereocenters. The number of rotatable bonds is 3. The van der Waals surface area contributed by atoms with Gasteiger partial charge in [0.25, 0.3) is 5.56 Å². The first-order valence-corrected chi connectivity index (χ1v) is 8.20. The molecule has 6 heteroatoms. The van der Waals surface area contributed by atoms with Crippen LogP contribution in [0.15, 0.2) is 53.3 Å². The number of para-hydroxylation sites is 1. The maximum atomic E-state index is 12.2. The van der Waals surface area contributed by atoms with E-state index in [2.05, 4.69) is 16.0 Å². The lowest BCUT2D eigenvalue weighted by molar-refractivity contribution is -0.124. The number of amides is 1. The third-order valence-corrected chi connectivity index (χ3v) is 4.69. The molecule has 0 saturated heterocycles. The van der Waals surface area contributed by atoms with Gasteiger partial charge in [-0.2, -0.15) is 0 Å². The SMILES string of the molecule is NC(=O)C1Cc2ccccc2CN1Cc1nc2ccccc2c(=O)[nH]1. The summed E-state index contributed by atoms with van der Waals surface area (Å²) in [5.74, 6) is 0.173. The first-order chi connectivity index (χ1) is 12.1. The van der Waals surface area contributed by atoms with Crippen LogP contribution in [0.5, 0.6) is 0 Å². The zero-order valence-electron chi connectivity index (χ0n) is 13.6. The molecule has 0 bridgehead atoms. The molecule has 6 nitrogen and oxygen atoms in total. The highest BCUT2D eigenvalue weighted by Crippen LogP contribution is 2.24. The summed E-state index contributed by atoms with van der Waals surface area (Å²) in [4.78, 5) is 33.5. The quantitative estimate of drug-likeness (QED) is 0.756. The molecule has 0 fully saturated rings. The van der Waals surface area contributed by atoms with E-state index >= 15 is 0 Å². The van der Waals surface area contributed by atoms with Crippen LogP contribution in [0.1, 0.15) is 17.0 Å². The molecular formula is C19H18N4O2. The van der Waals surface area contributed by atoms with Gasteiger partial charge in [-0.1, -0.05) is 36.4 Å². The molecule has 126 valence electrons. The summed E-state index contributed by atoms with van der Waals surface area (Å²) < 4.78 is 0. The van der Waals surface area contributed by atoms with Crippen molar-refractivity contribution in [2.45, 2.75) is 25.6 Å². The van der Waals surface area contributed by atoms with E-state index in [-0.39, 0.29) is 11.5 Å². The Hall–Kier alpha value is -2.99. The number of hydrogen-bond donors (Lipinski definition) is 2. The van der Waals surface area contributed by atoms with Gasteiger partial charge in [-0.3, -0.25) is 14.5 Å². The van der Waals surface area contributed by atoms with Crippen LogP contribution in [-0.2, 0) is 24.3 Å². The summed E-state index contributed by atoms with van der Waals surface area (Å²) in [7, 11) is 0.